The van der Waals surface area contributed by atoms with Crippen molar-refractivity contribution in [2.75, 3.05) is 13.1 Å². The second-order valence-electron chi connectivity index (χ2n) is 6.18. The molecule has 0 aromatic heterocycles. The van der Waals surface area contributed by atoms with Gasteiger partial charge in [-0.1, -0.05) is 6.08 Å². The average molecular weight is 278 g/mol. The number of hydrogen-bond acceptors (Lipinski definition) is 4. The third-order valence-corrected chi connectivity index (χ3v) is 4.55. The lowest BCUT2D eigenvalue weighted by molar-refractivity contribution is -0.379. The van der Waals surface area contributed by atoms with E-state index in [-0.39, 0.29) is 30.6 Å². The number of ether oxygens (including phenoxy) is 2. The summed E-state index contributed by atoms with van der Waals surface area (Å²) in [5.74, 6) is -0.699. The van der Waals surface area contributed by atoms with Gasteiger partial charge in [0, 0.05) is 25.5 Å². The molecule has 3 saturated heterocycles. The van der Waals surface area contributed by atoms with Crippen LogP contribution >= 0.6 is 0 Å². The first kappa shape index (κ1) is 12.3. The van der Waals surface area contributed by atoms with Gasteiger partial charge in [0.15, 0.2) is 0 Å². The summed E-state index contributed by atoms with van der Waals surface area (Å²) in [4.78, 5) is 25.1. The molecular formula is C14H18N2O4. The summed E-state index contributed by atoms with van der Waals surface area (Å²) in [6.45, 7) is 0.551. The Balaban J connectivity index is 1.41. The van der Waals surface area contributed by atoms with E-state index in [0.29, 0.717) is 12.5 Å². The lowest BCUT2D eigenvalue weighted by Crippen LogP contribution is -2.66. The first-order chi connectivity index (χ1) is 9.62. The molecule has 20 heavy (non-hydrogen) atoms. The van der Waals surface area contributed by atoms with Crippen LogP contribution in [0.15, 0.2) is 12.2 Å². The molecule has 4 aliphatic heterocycles. The summed E-state index contributed by atoms with van der Waals surface area (Å²) in [6, 6.07) is 0. The number of hydrogen-bond donors (Lipinski definition) is 1. The van der Waals surface area contributed by atoms with E-state index in [1.807, 2.05) is 0 Å². The highest BCUT2D eigenvalue weighted by Crippen LogP contribution is 2.47. The van der Waals surface area contributed by atoms with Gasteiger partial charge in [0.2, 0.25) is 11.8 Å². The Kier molecular flexibility index (Phi) is 2.65. The van der Waals surface area contributed by atoms with Crippen molar-refractivity contribution in [1.82, 2.24) is 10.2 Å². The molecule has 0 unspecified atom stereocenters. The molecule has 4 bridgehead atoms. The zero-order valence-corrected chi connectivity index (χ0v) is 11.2. The monoisotopic (exact) mass is 278 g/mol. The van der Waals surface area contributed by atoms with Crippen molar-refractivity contribution in [3.63, 3.8) is 0 Å². The van der Waals surface area contributed by atoms with Crippen LogP contribution in [0.25, 0.3) is 0 Å². The normalized spacial score (nSPS) is 41.5. The van der Waals surface area contributed by atoms with E-state index in [2.05, 4.69) is 5.32 Å². The Hall–Kier alpha value is -1.40. The maximum Gasteiger partial charge on any atom is 0.252 e. The van der Waals surface area contributed by atoms with Gasteiger partial charge < -0.3 is 19.7 Å². The van der Waals surface area contributed by atoms with Gasteiger partial charge in [0.05, 0.1) is 12.2 Å². The molecule has 0 aromatic rings. The number of nitrogens with zero attached hydrogens (tertiary/aromatic N) is 1. The molecule has 6 heteroatoms. The molecule has 6 nitrogen and oxygen atoms in total. The zero-order valence-electron chi connectivity index (χ0n) is 11.2. The fourth-order valence-corrected chi connectivity index (χ4v) is 3.88. The quantitative estimate of drug-likeness (QED) is 0.797. The van der Waals surface area contributed by atoms with Crippen LogP contribution in [0.3, 0.4) is 0 Å². The number of amides is 2. The fourth-order valence-electron chi connectivity index (χ4n) is 3.88. The van der Waals surface area contributed by atoms with E-state index >= 15 is 0 Å². The average Bonchev–Trinajstić information content (AvgIpc) is 2.72. The van der Waals surface area contributed by atoms with Gasteiger partial charge in [-0.25, -0.2) is 0 Å². The van der Waals surface area contributed by atoms with Crippen molar-refractivity contribution in [3.8, 4) is 0 Å². The molecule has 108 valence electrons. The Bertz CT molecular complexity index is 452. The van der Waals surface area contributed by atoms with Crippen LogP contribution in [0, 0.1) is 5.92 Å². The third-order valence-electron chi connectivity index (χ3n) is 4.55. The Morgan fingerprint density at radius 3 is 2.70 bits per heavy atom. The molecular weight excluding hydrogens is 260 g/mol. The van der Waals surface area contributed by atoms with Crippen LogP contribution in [0.2, 0.25) is 0 Å². The standard InChI is InChI=1S/C14H18N2O4/c17-12(8-16-3-1-2-13(16)18)15-14-7-9-4-10(19-14)6-11(5-9)20-14/h1-2,9-11H,3-8H2,(H,15,17)/t9-,10-,11+,14+. The molecule has 0 radical (unpaired) electrons. The van der Waals surface area contributed by atoms with Crippen LogP contribution in [-0.4, -0.2) is 47.9 Å². The predicted molar refractivity (Wildman–Crippen MR) is 68.3 cm³/mol. The highest BCUT2D eigenvalue weighted by atomic mass is 16.7. The molecule has 2 amide bonds. The molecule has 0 spiro atoms. The van der Waals surface area contributed by atoms with Crippen molar-refractivity contribution in [2.45, 2.75) is 43.8 Å². The number of nitrogens with one attached hydrogen (secondary N) is 1. The first-order valence-corrected chi connectivity index (χ1v) is 7.24. The lowest BCUT2D eigenvalue weighted by Gasteiger charge is -2.55. The van der Waals surface area contributed by atoms with E-state index < -0.39 is 5.91 Å². The largest absolute Gasteiger partial charge is 0.329 e. The SMILES string of the molecule is O=C(CN1CC=CC1=O)N[C@]12C[C@@H]3C[C@H](C[C@H](C3)O1)O2. The molecule has 4 atom stereocenters. The maximum atomic E-state index is 12.1. The topological polar surface area (TPSA) is 67.9 Å². The summed E-state index contributed by atoms with van der Waals surface area (Å²) in [5, 5.41) is 2.87. The van der Waals surface area contributed by atoms with Crippen molar-refractivity contribution >= 4 is 11.8 Å². The van der Waals surface area contributed by atoms with Crippen molar-refractivity contribution < 1.29 is 19.1 Å². The first-order valence-electron chi connectivity index (χ1n) is 7.24. The number of carbonyl (C=O) groups excluding carboxylic acids is 2. The Morgan fingerprint density at radius 1 is 1.35 bits per heavy atom. The zero-order chi connectivity index (χ0) is 13.7. The summed E-state index contributed by atoms with van der Waals surface area (Å²) >= 11 is 0. The van der Waals surface area contributed by atoms with E-state index in [4.69, 9.17) is 9.47 Å². The molecule has 5 aliphatic rings. The van der Waals surface area contributed by atoms with Crippen LogP contribution in [0.1, 0.15) is 25.7 Å². The van der Waals surface area contributed by atoms with E-state index in [0.717, 1.165) is 25.7 Å². The molecule has 5 rings (SSSR count). The van der Waals surface area contributed by atoms with E-state index in [1.165, 1.54) is 11.0 Å². The van der Waals surface area contributed by atoms with Crippen LogP contribution in [0.5, 0.6) is 0 Å². The second kappa shape index (κ2) is 4.30. The minimum absolute atomic E-state index is 0.0559. The minimum atomic E-state index is -0.942. The van der Waals surface area contributed by atoms with Crippen LogP contribution < -0.4 is 5.32 Å². The summed E-state index contributed by atoms with van der Waals surface area (Å²) in [7, 11) is 0. The molecule has 4 heterocycles. The molecule has 4 fully saturated rings. The Morgan fingerprint density at radius 2 is 2.10 bits per heavy atom. The molecule has 1 aliphatic carbocycles. The van der Waals surface area contributed by atoms with Crippen LogP contribution in [0.4, 0.5) is 0 Å². The summed E-state index contributed by atoms with van der Waals surface area (Å²) in [6.07, 6.45) is 7.46. The maximum absolute atomic E-state index is 12.1. The van der Waals surface area contributed by atoms with Crippen molar-refractivity contribution in [1.29, 1.82) is 0 Å². The van der Waals surface area contributed by atoms with Gasteiger partial charge in [-0.3, -0.25) is 9.59 Å². The van der Waals surface area contributed by atoms with Crippen LogP contribution in [-0.2, 0) is 19.1 Å². The molecule has 1 N–H and O–H groups in total. The highest BCUT2D eigenvalue weighted by molar-refractivity contribution is 5.93. The Labute approximate surface area is 117 Å². The van der Waals surface area contributed by atoms with Gasteiger partial charge in [0.1, 0.15) is 6.54 Å². The van der Waals surface area contributed by atoms with Crippen molar-refractivity contribution in [3.05, 3.63) is 12.2 Å². The summed E-state index contributed by atoms with van der Waals surface area (Å²) < 4.78 is 11.8. The minimum Gasteiger partial charge on any atom is -0.329 e. The van der Waals surface area contributed by atoms with Gasteiger partial charge in [-0.15, -0.1) is 0 Å². The molecule has 1 saturated carbocycles. The van der Waals surface area contributed by atoms with Gasteiger partial charge in [-0.05, 0) is 18.8 Å². The fraction of sp³-hybridized carbons (Fsp3) is 0.714. The van der Waals surface area contributed by atoms with Gasteiger partial charge in [0.25, 0.3) is 5.91 Å². The van der Waals surface area contributed by atoms with E-state index in [1.54, 1.807) is 6.08 Å². The smallest absolute Gasteiger partial charge is 0.252 e. The van der Waals surface area contributed by atoms with Gasteiger partial charge in [-0.2, -0.15) is 0 Å². The highest BCUT2D eigenvalue weighted by Gasteiger charge is 2.54. The van der Waals surface area contributed by atoms with E-state index in [9.17, 15) is 9.59 Å². The van der Waals surface area contributed by atoms with Crippen molar-refractivity contribution in [2.24, 2.45) is 5.92 Å². The molecule has 0 aromatic carbocycles. The lowest BCUT2D eigenvalue weighted by atomic mass is 9.77. The predicted octanol–water partition coefficient (Wildman–Crippen LogP) is 0.143. The number of rotatable bonds is 3. The van der Waals surface area contributed by atoms with Gasteiger partial charge >= 0.3 is 0 Å². The summed E-state index contributed by atoms with van der Waals surface area (Å²) in [5.41, 5.74) is 0. The number of carbonyl (C=O) groups is 2. The second-order valence-corrected chi connectivity index (χ2v) is 6.18. The third kappa shape index (κ3) is 2.03.